The van der Waals surface area contributed by atoms with Crippen molar-refractivity contribution in [2.24, 2.45) is 16.2 Å². The average molecular weight is 567 g/mol. The van der Waals surface area contributed by atoms with Gasteiger partial charge in [0.1, 0.15) is 5.78 Å². The van der Waals surface area contributed by atoms with Crippen LogP contribution in [-0.4, -0.2) is 11.6 Å². The van der Waals surface area contributed by atoms with Crippen molar-refractivity contribution in [3.63, 3.8) is 0 Å². The van der Waals surface area contributed by atoms with Gasteiger partial charge in [-0.3, -0.25) is 9.59 Å². The highest BCUT2D eigenvalue weighted by Crippen LogP contribution is 2.51. The minimum atomic E-state index is -0.624. The number of hydrogen-bond donors (Lipinski definition) is 0. The van der Waals surface area contributed by atoms with Gasteiger partial charge < -0.3 is 0 Å². The molecule has 0 aromatic heterocycles. The first-order valence-corrected chi connectivity index (χ1v) is 15.4. The zero-order valence-corrected chi connectivity index (χ0v) is 27.9. The van der Waals surface area contributed by atoms with Crippen LogP contribution in [0.5, 0.6) is 0 Å². The first-order valence-electron chi connectivity index (χ1n) is 15.4. The number of rotatable bonds is 11. The van der Waals surface area contributed by atoms with E-state index in [9.17, 15) is 9.59 Å². The Hall–Kier alpha value is -3.26. The molecular formula is C40H54O2. The number of ketones is 2. The zero-order chi connectivity index (χ0) is 31.6. The molecule has 1 atom stereocenters. The summed E-state index contributed by atoms with van der Waals surface area (Å²) in [4.78, 5) is 24.9. The van der Waals surface area contributed by atoms with E-state index in [0.717, 1.165) is 11.1 Å². The SMILES string of the molecule is CC1=C(/C=C/C(C)=C/C=C/C(C)=C/C=C/C=C(C)/C=C/C=C(C)/C=C\C(=O)C2(C)CC(=O)CC2(C)C)C(C)(C)CCC1. The summed E-state index contributed by atoms with van der Waals surface area (Å²) in [5.41, 5.74) is 6.92. The Morgan fingerprint density at radius 1 is 0.667 bits per heavy atom. The summed E-state index contributed by atoms with van der Waals surface area (Å²) in [5.74, 6) is 0.208. The van der Waals surface area contributed by atoms with Crippen molar-refractivity contribution < 1.29 is 9.59 Å². The molecule has 0 aliphatic heterocycles. The quantitative estimate of drug-likeness (QED) is 0.184. The van der Waals surface area contributed by atoms with Gasteiger partial charge in [0, 0.05) is 18.3 Å². The Morgan fingerprint density at radius 3 is 1.67 bits per heavy atom. The van der Waals surface area contributed by atoms with Crippen LogP contribution in [0.15, 0.2) is 119 Å². The van der Waals surface area contributed by atoms with E-state index in [-0.39, 0.29) is 22.4 Å². The summed E-state index contributed by atoms with van der Waals surface area (Å²) >= 11 is 0. The second-order valence-electron chi connectivity index (χ2n) is 13.8. The van der Waals surface area contributed by atoms with Crippen LogP contribution < -0.4 is 0 Å². The molecule has 0 spiro atoms. The standard InChI is InChI=1S/C40H54O2/c1-30(18-13-20-32(3)23-25-36-34(5)22-15-27-38(36,6)7)16-11-12-17-31(2)19-14-21-33(4)24-26-37(42)40(10)29-35(41)28-39(40,8)9/h11-14,16-21,23-26H,15,22,27-29H2,1-10H3/b12-11+,18-13+,19-14+,25-23+,26-24-,30-16+,31-17+,32-20+,33-21+. The second kappa shape index (κ2) is 15.3. The van der Waals surface area contributed by atoms with E-state index < -0.39 is 5.41 Å². The molecule has 2 aliphatic carbocycles. The maximum absolute atomic E-state index is 12.9. The molecule has 0 heterocycles. The van der Waals surface area contributed by atoms with Gasteiger partial charge in [-0.25, -0.2) is 0 Å². The third kappa shape index (κ3) is 10.2. The van der Waals surface area contributed by atoms with Crippen LogP contribution in [0.4, 0.5) is 0 Å². The fraction of sp³-hybridized carbons (Fsp3) is 0.450. The van der Waals surface area contributed by atoms with Crippen molar-refractivity contribution in [3.8, 4) is 0 Å². The molecule has 226 valence electrons. The smallest absolute Gasteiger partial charge is 0.162 e. The Balaban J connectivity index is 1.88. The van der Waals surface area contributed by atoms with Crippen LogP contribution in [0.25, 0.3) is 0 Å². The maximum Gasteiger partial charge on any atom is 0.162 e. The third-order valence-electron chi connectivity index (χ3n) is 9.05. The Kier molecular flexibility index (Phi) is 12.7. The molecule has 0 bridgehead atoms. The number of hydrogen-bond acceptors (Lipinski definition) is 2. The molecular weight excluding hydrogens is 512 g/mol. The highest BCUT2D eigenvalue weighted by Gasteiger charge is 2.52. The minimum Gasteiger partial charge on any atom is -0.300 e. The van der Waals surface area contributed by atoms with Gasteiger partial charge in [-0.05, 0) is 76.4 Å². The van der Waals surface area contributed by atoms with Crippen LogP contribution in [0, 0.1) is 16.2 Å². The molecule has 1 fully saturated rings. The van der Waals surface area contributed by atoms with E-state index >= 15 is 0 Å². The Labute approximate surface area is 256 Å². The molecule has 0 aromatic carbocycles. The molecule has 2 aliphatic rings. The first-order chi connectivity index (χ1) is 19.6. The summed E-state index contributed by atoms with van der Waals surface area (Å²) in [6, 6.07) is 0. The van der Waals surface area contributed by atoms with Crippen molar-refractivity contribution in [1.82, 2.24) is 0 Å². The molecule has 0 saturated heterocycles. The zero-order valence-electron chi connectivity index (χ0n) is 27.9. The topological polar surface area (TPSA) is 34.1 Å². The summed E-state index contributed by atoms with van der Waals surface area (Å²) in [6.45, 7) is 21.2. The van der Waals surface area contributed by atoms with Crippen LogP contribution in [0.3, 0.4) is 0 Å². The Morgan fingerprint density at radius 2 is 1.17 bits per heavy atom. The van der Waals surface area contributed by atoms with Gasteiger partial charge in [0.2, 0.25) is 0 Å². The van der Waals surface area contributed by atoms with Gasteiger partial charge in [-0.1, -0.05) is 141 Å². The lowest BCUT2D eigenvalue weighted by Gasteiger charge is -2.35. The molecule has 0 N–H and O–H groups in total. The monoisotopic (exact) mass is 566 g/mol. The van der Waals surface area contributed by atoms with Gasteiger partial charge in [-0.2, -0.15) is 0 Å². The minimum absolute atomic E-state index is 0.0317. The molecule has 2 nitrogen and oxygen atoms in total. The number of carbonyl (C=O) groups is 2. The maximum atomic E-state index is 12.9. The van der Waals surface area contributed by atoms with E-state index in [1.807, 2.05) is 58.1 Å². The fourth-order valence-corrected chi connectivity index (χ4v) is 5.76. The van der Waals surface area contributed by atoms with E-state index in [4.69, 9.17) is 0 Å². The molecule has 1 saturated carbocycles. The van der Waals surface area contributed by atoms with E-state index in [1.54, 1.807) is 6.08 Å². The van der Waals surface area contributed by atoms with E-state index in [2.05, 4.69) is 90.2 Å². The highest BCUT2D eigenvalue weighted by molar-refractivity contribution is 6.01. The van der Waals surface area contributed by atoms with Gasteiger partial charge >= 0.3 is 0 Å². The molecule has 0 amide bonds. The van der Waals surface area contributed by atoms with Gasteiger partial charge in [0.25, 0.3) is 0 Å². The normalized spacial score (nSPS) is 24.6. The fourth-order valence-electron chi connectivity index (χ4n) is 5.76. The van der Waals surface area contributed by atoms with Gasteiger partial charge in [0.15, 0.2) is 5.78 Å². The Bertz CT molecular complexity index is 1320. The number of Topliss-reactive ketones (excluding diaryl/α,β-unsaturated/α-hetero) is 1. The predicted octanol–water partition coefficient (Wildman–Crippen LogP) is 11.0. The molecule has 0 radical (unpaired) electrons. The average Bonchev–Trinajstić information content (AvgIpc) is 3.10. The summed E-state index contributed by atoms with van der Waals surface area (Å²) in [6.07, 6.45) is 33.3. The van der Waals surface area contributed by atoms with Crippen molar-refractivity contribution in [3.05, 3.63) is 119 Å². The summed E-state index contributed by atoms with van der Waals surface area (Å²) in [5, 5.41) is 0. The third-order valence-corrected chi connectivity index (χ3v) is 9.05. The van der Waals surface area contributed by atoms with E-state index in [1.165, 1.54) is 41.6 Å². The summed E-state index contributed by atoms with van der Waals surface area (Å²) in [7, 11) is 0. The van der Waals surface area contributed by atoms with Crippen LogP contribution in [0.1, 0.15) is 101 Å². The van der Waals surface area contributed by atoms with Crippen LogP contribution in [0.2, 0.25) is 0 Å². The molecule has 42 heavy (non-hydrogen) atoms. The van der Waals surface area contributed by atoms with Crippen LogP contribution in [-0.2, 0) is 9.59 Å². The number of allylic oxidation sites excluding steroid dienone is 20. The molecule has 2 rings (SSSR count). The number of carbonyl (C=O) groups excluding carboxylic acids is 2. The molecule has 2 heteroatoms. The van der Waals surface area contributed by atoms with Crippen molar-refractivity contribution in [2.45, 2.75) is 101 Å². The lowest BCUT2D eigenvalue weighted by Crippen LogP contribution is -2.36. The second-order valence-corrected chi connectivity index (χ2v) is 13.8. The lowest BCUT2D eigenvalue weighted by atomic mass is 9.66. The lowest BCUT2D eigenvalue weighted by molar-refractivity contribution is -0.128. The van der Waals surface area contributed by atoms with Crippen molar-refractivity contribution in [2.75, 3.05) is 0 Å². The molecule has 0 aromatic rings. The van der Waals surface area contributed by atoms with Gasteiger partial charge in [0.05, 0.1) is 0 Å². The first kappa shape index (κ1) is 34.9. The van der Waals surface area contributed by atoms with Crippen molar-refractivity contribution >= 4 is 11.6 Å². The molecule has 1 unspecified atom stereocenters. The summed E-state index contributed by atoms with van der Waals surface area (Å²) < 4.78 is 0. The van der Waals surface area contributed by atoms with Crippen molar-refractivity contribution in [1.29, 1.82) is 0 Å². The predicted molar refractivity (Wildman–Crippen MR) is 182 cm³/mol. The van der Waals surface area contributed by atoms with Gasteiger partial charge in [-0.15, -0.1) is 0 Å². The van der Waals surface area contributed by atoms with Crippen LogP contribution >= 0.6 is 0 Å². The van der Waals surface area contributed by atoms with E-state index in [0.29, 0.717) is 12.8 Å². The highest BCUT2D eigenvalue weighted by atomic mass is 16.1. The largest absolute Gasteiger partial charge is 0.300 e.